The average molecular weight is 530 g/mol. The molecule has 7 aromatic rings. The summed E-state index contributed by atoms with van der Waals surface area (Å²) in [7, 11) is 0. The summed E-state index contributed by atoms with van der Waals surface area (Å²) in [5.74, 6) is -2.27. The summed E-state index contributed by atoms with van der Waals surface area (Å²) in [6.45, 7) is 0. The Balaban J connectivity index is 1.26. The van der Waals surface area contributed by atoms with E-state index < -0.39 is 11.6 Å². The number of nitrogens with one attached hydrogen (secondary N) is 2. The number of aromatic nitrogens is 4. The van der Waals surface area contributed by atoms with Gasteiger partial charge in [0.25, 0.3) is 0 Å². The lowest BCUT2D eigenvalue weighted by Gasteiger charge is -2.07. The molecule has 0 unspecified atom stereocenters. The van der Waals surface area contributed by atoms with Gasteiger partial charge in [0.05, 0.1) is 40.1 Å². The van der Waals surface area contributed by atoms with Crippen molar-refractivity contribution in [2.24, 2.45) is 0 Å². The molecule has 0 radical (unpaired) electrons. The average Bonchev–Trinajstić information content (AvgIpc) is 3.68. The molecule has 3 heterocycles. The number of rotatable bonds is 5. The Labute approximate surface area is 224 Å². The Morgan fingerprint density at radius 2 is 1.77 bits per heavy atom. The molecule has 0 bridgehead atoms. The van der Waals surface area contributed by atoms with Gasteiger partial charge in [0.2, 0.25) is 11.6 Å². The fourth-order valence-electron chi connectivity index (χ4n) is 4.93. The van der Waals surface area contributed by atoms with E-state index >= 15 is 0 Å². The van der Waals surface area contributed by atoms with Gasteiger partial charge in [0.15, 0.2) is 11.6 Å². The molecule has 192 valence electrons. The highest BCUT2D eigenvalue weighted by Gasteiger charge is 2.21. The molecule has 0 saturated heterocycles. The highest BCUT2D eigenvalue weighted by atomic mass is 19.2. The quantitative estimate of drug-likeness (QED) is 0.232. The molecule has 7 nitrogen and oxygen atoms in total. The Bertz CT molecular complexity index is 2170. The first-order valence-corrected chi connectivity index (χ1v) is 12.3. The number of nitriles is 1. The first-order valence-electron chi connectivity index (χ1n) is 12.3. The summed E-state index contributed by atoms with van der Waals surface area (Å²) >= 11 is 0. The maximum Gasteiger partial charge on any atom is 0.214 e. The van der Waals surface area contributed by atoms with Gasteiger partial charge in [0.1, 0.15) is 11.4 Å². The van der Waals surface area contributed by atoms with E-state index in [0.717, 1.165) is 28.1 Å². The van der Waals surface area contributed by atoms with Crippen LogP contribution < -0.4 is 4.74 Å². The van der Waals surface area contributed by atoms with Crippen LogP contribution >= 0.6 is 0 Å². The molecule has 0 amide bonds. The van der Waals surface area contributed by atoms with Crippen LogP contribution in [0.25, 0.3) is 38.7 Å². The highest BCUT2D eigenvalue weighted by Crippen LogP contribution is 2.32. The lowest BCUT2D eigenvalue weighted by Crippen LogP contribution is -2.01. The fraction of sp³-hybridized carbons (Fsp3) is 0. The van der Waals surface area contributed by atoms with Crippen molar-refractivity contribution in [2.75, 3.05) is 0 Å². The molecule has 0 aliphatic carbocycles. The van der Waals surface area contributed by atoms with E-state index in [-0.39, 0.29) is 17.3 Å². The van der Waals surface area contributed by atoms with Crippen LogP contribution in [0.3, 0.4) is 0 Å². The lowest BCUT2D eigenvalue weighted by atomic mass is 10.00. The van der Waals surface area contributed by atoms with E-state index in [0.29, 0.717) is 33.5 Å². The van der Waals surface area contributed by atoms with Gasteiger partial charge >= 0.3 is 0 Å². The third-order valence-corrected chi connectivity index (χ3v) is 6.82. The summed E-state index contributed by atoms with van der Waals surface area (Å²) in [6.07, 6.45) is 1.50. The number of fused-ring (bicyclic) bond motifs is 4. The van der Waals surface area contributed by atoms with Gasteiger partial charge in [-0.15, -0.1) is 0 Å². The van der Waals surface area contributed by atoms with E-state index in [1.165, 1.54) is 18.3 Å². The summed E-state index contributed by atoms with van der Waals surface area (Å²) in [5.41, 5.74) is 5.62. The Morgan fingerprint density at radius 1 is 0.925 bits per heavy atom. The number of halogens is 2. The van der Waals surface area contributed by atoms with Crippen LogP contribution in [0.15, 0.2) is 91.1 Å². The van der Waals surface area contributed by atoms with Crippen LogP contribution in [0.1, 0.15) is 21.6 Å². The third-order valence-electron chi connectivity index (χ3n) is 6.82. The van der Waals surface area contributed by atoms with Crippen molar-refractivity contribution in [3.8, 4) is 28.7 Å². The molecular weight excluding hydrogens is 512 g/mol. The summed E-state index contributed by atoms with van der Waals surface area (Å²) < 4.78 is 34.8. The SMILES string of the molecule is N#Cc1cccc(-c2cccc3[nH]c(C(=O)c4cnn5c4[nH]c4cc(Oc6cccc(F)c6F)ccc45)cc23)c1. The monoisotopic (exact) mass is 529 g/mol. The predicted octanol–water partition coefficient (Wildman–Crippen LogP) is 7.14. The van der Waals surface area contributed by atoms with Gasteiger partial charge in [-0.1, -0.05) is 30.3 Å². The largest absolute Gasteiger partial charge is 0.454 e. The van der Waals surface area contributed by atoms with Crippen LogP contribution in [0, 0.1) is 23.0 Å². The second kappa shape index (κ2) is 8.92. The molecule has 3 aromatic heterocycles. The summed E-state index contributed by atoms with van der Waals surface area (Å²) in [6, 6.07) is 25.7. The van der Waals surface area contributed by atoms with Gasteiger partial charge in [-0.05, 0) is 59.7 Å². The van der Waals surface area contributed by atoms with Crippen LogP contribution in [-0.4, -0.2) is 25.4 Å². The number of H-pyrrole nitrogens is 2. The number of hydrogen-bond acceptors (Lipinski definition) is 4. The minimum absolute atomic E-state index is 0.232. The molecule has 0 fully saturated rings. The van der Waals surface area contributed by atoms with Gasteiger partial charge in [-0.25, -0.2) is 8.91 Å². The minimum atomic E-state index is -1.07. The van der Waals surface area contributed by atoms with Gasteiger partial charge < -0.3 is 14.7 Å². The zero-order chi connectivity index (χ0) is 27.4. The molecule has 40 heavy (non-hydrogen) atoms. The molecule has 2 N–H and O–H groups in total. The smallest absolute Gasteiger partial charge is 0.214 e. The Morgan fingerprint density at radius 3 is 2.65 bits per heavy atom. The molecule has 7 rings (SSSR count). The van der Waals surface area contributed by atoms with Crippen molar-refractivity contribution < 1.29 is 18.3 Å². The van der Waals surface area contributed by atoms with Crippen molar-refractivity contribution in [2.45, 2.75) is 0 Å². The van der Waals surface area contributed by atoms with E-state index in [4.69, 9.17) is 4.74 Å². The first kappa shape index (κ1) is 23.4. The molecule has 0 atom stereocenters. The third kappa shape index (κ3) is 3.70. The molecule has 0 aliphatic heterocycles. The van der Waals surface area contributed by atoms with E-state index in [1.807, 2.05) is 36.4 Å². The number of carbonyl (C=O) groups is 1. The molecule has 4 aromatic carbocycles. The molecule has 9 heteroatoms. The summed E-state index contributed by atoms with van der Waals surface area (Å²) in [4.78, 5) is 20.1. The van der Waals surface area contributed by atoms with Crippen molar-refractivity contribution in [3.63, 3.8) is 0 Å². The zero-order valence-corrected chi connectivity index (χ0v) is 20.6. The van der Waals surface area contributed by atoms with Crippen molar-refractivity contribution >= 4 is 33.4 Å². The minimum Gasteiger partial charge on any atom is -0.454 e. The van der Waals surface area contributed by atoms with Gasteiger partial charge in [-0.3, -0.25) is 4.79 Å². The number of imidazole rings is 1. The van der Waals surface area contributed by atoms with Crippen LogP contribution in [0.5, 0.6) is 11.5 Å². The van der Waals surface area contributed by atoms with Crippen LogP contribution in [-0.2, 0) is 0 Å². The number of nitrogens with zero attached hydrogens (tertiary/aromatic N) is 3. The molecule has 0 aliphatic rings. The maximum atomic E-state index is 14.1. The van der Waals surface area contributed by atoms with Gasteiger partial charge in [-0.2, -0.15) is 14.8 Å². The van der Waals surface area contributed by atoms with E-state index in [2.05, 4.69) is 21.1 Å². The highest BCUT2D eigenvalue weighted by molar-refractivity contribution is 6.15. The van der Waals surface area contributed by atoms with Crippen molar-refractivity contribution in [1.82, 2.24) is 19.6 Å². The van der Waals surface area contributed by atoms with Crippen LogP contribution in [0.4, 0.5) is 8.78 Å². The molecule has 0 saturated carbocycles. The number of aromatic amines is 2. The van der Waals surface area contributed by atoms with E-state index in [9.17, 15) is 18.8 Å². The zero-order valence-electron chi connectivity index (χ0n) is 20.6. The molecule has 0 spiro atoms. The standard InChI is InChI=1S/C31H17F2N5O2/c32-23-7-3-9-28(29(23)33)40-19-10-11-27-25(13-19)37-31-22(16-35-38(27)31)30(39)26-14-21-20(6-2-8-24(21)36-26)18-5-1-4-17(12-18)15-34/h1-14,16,36-37H. The van der Waals surface area contributed by atoms with Crippen LogP contribution in [0.2, 0.25) is 0 Å². The topological polar surface area (TPSA) is 99.0 Å². The second-order valence-electron chi connectivity index (χ2n) is 9.25. The van der Waals surface area contributed by atoms with Crippen molar-refractivity contribution in [3.05, 3.63) is 120 Å². The number of ether oxygens (including phenoxy) is 1. The number of benzene rings is 4. The summed E-state index contributed by atoms with van der Waals surface area (Å²) in [5, 5.41) is 14.6. The number of hydrogen-bond donors (Lipinski definition) is 2. The van der Waals surface area contributed by atoms with Crippen molar-refractivity contribution in [1.29, 1.82) is 5.26 Å². The van der Waals surface area contributed by atoms with E-state index in [1.54, 1.807) is 34.8 Å². The lowest BCUT2D eigenvalue weighted by molar-refractivity contribution is 0.103. The Kier molecular flexibility index (Phi) is 5.21. The normalized spacial score (nSPS) is 11.3. The number of ketones is 1. The Hall–Kier alpha value is -5.75. The first-order chi connectivity index (χ1) is 19.5. The maximum absolute atomic E-state index is 14.1. The predicted molar refractivity (Wildman–Crippen MR) is 145 cm³/mol. The fourth-order valence-corrected chi connectivity index (χ4v) is 4.93. The van der Waals surface area contributed by atoms with Gasteiger partial charge in [0, 0.05) is 17.0 Å². The number of carbonyl (C=O) groups excluding carboxylic acids is 1. The second-order valence-corrected chi connectivity index (χ2v) is 9.25. The molecular formula is C31H17F2N5O2.